The highest BCUT2D eigenvalue weighted by atomic mass is 16.5. The number of hydrogen-bond acceptors (Lipinski definition) is 5. The molecule has 0 bridgehead atoms. The van der Waals surface area contributed by atoms with Crippen LogP contribution in [-0.2, 0) is 9.53 Å². The van der Waals surface area contributed by atoms with Crippen molar-refractivity contribution in [1.29, 1.82) is 0 Å². The number of aromatic nitrogens is 3. The molecule has 1 atom stereocenters. The van der Waals surface area contributed by atoms with Crippen molar-refractivity contribution in [3.63, 3.8) is 0 Å². The summed E-state index contributed by atoms with van der Waals surface area (Å²) in [6.45, 7) is 2.26. The van der Waals surface area contributed by atoms with E-state index in [9.17, 15) is 4.79 Å². The smallest absolute Gasteiger partial charge is 0.251 e. The van der Waals surface area contributed by atoms with Crippen molar-refractivity contribution in [2.45, 2.75) is 44.1 Å². The summed E-state index contributed by atoms with van der Waals surface area (Å²) >= 11 is 0. The predicted octanol–water partition coefficient (Wildman–Crippen LogP) is 3.97. The Balaban J connectivity index is 1.27. The average Bonchev–Trinajstić information content (AvgIpc) is 2.84. The van der Waals surface area contributed by atoms with Gasteiger partial charge in [-0.15, -0.1) is 0 Å². The summed E-state index contributed by atoms with van der Waals surface area (Å²) < 4.78 is 5.68. The van der Waals surface area contributed by atoms with E-state index in [4.69, 9.17) is 9.72 Å². The second-order valence-corrected chi connectivity index (χ2v) is 8.20. The molecule has 6 heteroatoms. The van der Waals surface area contributed by atoms with Gasteiger partial charge in [0.25, 0.3) is 5.91 Å². The minimum absolute atomic E-state index is 0.171. The Bertz CT molecular complexity index is 1030. The van der Waals surface area contributed by atoms with Gasteiger partial charge in [0.05, 0.1) is 0 Å². The van der Waals surface area contributed by atoms with Crippen LogP contribution in [0.15, 0.2) is 48.9 Å². The highest BCUT2D eigenvalue weighted by Crippen LogP contribution is 2.30. The molecule has 1 unspecified atom stereocenters. The van der Waals surface area contributed by atoms with Gasteiger partial charge in [-0.25, -0.2) is 9.97 Å². The summed E-state index contributed by atoms with van der Waals surface area (Å²) in [7, 11) is 0. The first-order valence-electron chi connectivity index (χ1n) is 10.9. The van der Waals surface area contributed by atoms with Gasteiger partial charge in [-0.3, -0.25) is 9.78 Å². The maximum absolute atomic E-state index is 12.7. The SMILES string of the molecule is O=C(C1CCCCO1)N1CCC(c2ccc3cc(-c4ccncc4)cnc3n2)CC1. The number of likely N-dealkylation sites (tertiary alicyclic amines) is 1. The maximum atomic E-state index is 12.7. The van der Waals surface area contributed by atoms with Gasteiger partial charge in [-0.05, 0) is 68.0 Å². The minimum Gasteiger partial charge on any atom is -0.368 e. The monoisotopic (exact) mass is 402 g/mol. The zero-order chi connectivity index (χ0) is 20.3. The molecular formula is C24H26N4O2. The van der Waals surface area contributed by atoms with Gasteiger partial charge in [0.15, 0.2) is 5.65 Å². The van der Waals surface area contributed by atoms with Crippen molar-refractivity contribution < 1.29 is 9.53 Å². The zero-order valence-corrected chi connectivity index (χ0v) is 17.0. The molecule has 2 fully saturated rings. The lowest BCUT2D eigenvalue weighted by Crippen LogP contribution is -2.45. The van der Waals surface area contributed by atoms with Crippen molar-refractivity contribution in [2.24, 2.45) is 0 Å². The summed E-state index contributed by atoms with van der Waals surface area (Å²) in [4.78, 5) is 28.2. The van der Waals surface area contributed by atoms with E-state index in [1.165, 1.54) is 0 Å². The van der Waals surface area contributed by atoms with Crippen LogP contribution in [0.5, 0.6) is 0 Å². The van der Waals surface area contributed by atoms with Crippen LogP contribution in [0.3, 0.4) is 0 Å². The largest absolute Gasteiger partial charge is 0.368 e. The standard InChI is InChI=1S/C24H26N4O2/c29-24(22-3-1-2-14-30-22)28-12-8-18(9-13-28)21-5-4-19-15-20(16-26-23(19)27-21)17-6-10-25-11-7-17/h4-7,10-11,15-16,18,22H,1-3,8-9,12-14H2. The molecule has 0 radical (unpaired) electrons. The van der Waals surface area contributed by atoms with Crippen LogP contribution in [0.1, 0.15) is 43.7 Å². The van der Waals surface area contributed by atoms with E-state index in [1.54, 1.807) is 12.4 Å². The van der Waals surface area contributed by atoms with Crippen LogP contribution < -0.4 is 0 Å². The molecule has 1 amide bonds. The third-order valence-corrected chi connectivity index (χ3v) is 6.26. The highest BCUT2D eigenvalue weighted by Gasteiger charge is 2.30. The number of piperidine rings is 1. The summed E-state index contributed by atoms with van der Waals surface area (Å²) in [5, 5.41) is 1.04. The zero-order valence-electron chi connectivity index (χ0n) is 17.0. The average molecular weight is 402 g/mol. The van der Waals surface area contributed by atoms with E-state index in [0.717, 1.165) is 73.0 Å². The van der Waals surface area contributed by atoms with E-state index in [0.29, 0.717) is 12.5 Å². The molecule has 154 valence electrons. The van der Waals surface area contributed by atoms with E-state index in [-0.39, 0.29) is 12.0 Å². The first-order chi connectivity index (χ1) is 14.8. The van der Waals surface area contributed by atoms with Crippen molar-refractivity contribution in [2.75, 3.05) is 19.7 Å². The van der Waals surface area contributed by atoms with Crippen molar-refractivity contribution >= 4 is 16.9 Å². The Morgan fingerprint density at radius 3 is 2.60 bits per heavy atom. The first-order valence-corrected chi connectivity index (χ1v) is 10.9. The van der Waals surface area contributed by atoms with Crippen LogP contribution >= 0.6 is 0 Å². The predicted molar refractivity (Wildman–Crippen MR) is 115 cm³/mol. The lowest BCUT2D eigenvalue weighted by molar-refractivity contribution is -0.147. The topological polar surface area (TPSA) is 68.2 Å². The minimum atomic E-state index is -0.229. The molecule has 3 aromatic rings. The van der Waals surface area contributed by atoms with Gasteiger partial charge in [0, 0.05) is 60.8 Å². The molecule has 0 aromatic carbocycles. The fourth-order valence-corrected chi connectivity index (χ4v) is 4.49. The van der Waals surface area contributed by atoms with Crippen LogP contribution in [0.25, 0.3) is 22.2 Å². The van der Waals surface area contributed by atoms with Gasteiger partial charge >= 0.3 is 0 Å². The van der Waals surface area contributed by atoms with Crippen molar-refractivity contribution in [3.05, 3.63) is 54.6 Å². The first kappa shape index (κ1) is 19.1. The number of fused-ring (bicyclic) bond motifs is 1. The molecule has 2 aliphatic rings. The third-order valence-electron chi connectivity index (χ3n) is 6.26. The second-order valence-electron chi connectivity index (χ2n) is 8.20. The molecule has 5 rings (SSSR count). The Morgan fingerprint density at radius 2 is 1.83 bits per heavy atom. The van der Waals surface area contributed by atoms with E-state index >= 15 is 0 Å². The summed E-state index contributed by atoms with van der Waals surface area (Å²) in [6.07, 6.45) is 10.1. The summed E-state index contributed by atoms with van der Waals surface area (Å²) in [5.74, 6) is 0.539. The Hall–Kier alpha value is -2.86. The Morgan fingerprint density at radius 1 is 1.00 bits per heavy atom. The molecule has 30 heavy (non-hydrogen) atoms. The number of pyridine rings is 3. The van der Waals surface area contributed by atoms with Crippen LogP contribution in [0.2, 0.25) is 0 Å². The molecule has 0 spiro atoms. The molecule has 3 aromatic heterocycles. The van der Waals surface area contributed by atoms with Gasteiger partial charge in [-0.2, -0.15) is 0 Å². The number of carbonyl (C=O) groups is 1. The number of ether oxygens (including phenoxy) is 1. The third kappa shape index (κ3) is 3.92. The lowest BCUT2D eigenvalue weighted by Gasteiger charge is -2.35. The number of hydrogen-bond donors (Lipinski definition) is 0. The number of carbonyl (C=O) groups excluding carboxylic acids is 1. The summed E-state index contributed by atoms with van der Waals surface area (Å²) in [5.41, 5.74) is 4.02. The number of nitrogens with zero attached hydrogens (tertiary/aromatic N) is 4. The van der Waals surface area contributed by atoms with Crippen LogP contribution in [0, 0.1) is 0 Å². The Labute approximate surface area is 176 Å². The van der Waals surface area contributed by atoms with Crippen LogP contribution in [-0.4, -0.2) is 51.6 Å². The van der Waals surface area contributed by atoms with Gasteiger partial charge < -0.3 is 9.64 Å². The molecule has 6 nitrogen and oxygen atoms in total. The molecule has 5 heterocycles. The van der Waals surface area contributed by atoms with E-state index in [1.807, 2.05) is 23.2 Å². The second kappa shape index (κ2) is 8.48. The quantitative estimate of drug-likeness (QED) is 0.663. The Kier molecular flexibility index (Phi) is 5.41. The van der Waals surface area contributed by atoms with Crippen LogP contribution in [0.4, 0.5) is 0 Å². The lowest BCUT2D eigenvalue weighted by atomic mass is 9.92. The molecule has 0 saturated carbocycles. The van der Waals surface area contributed by atoms with Gasteiger partial charge in [0.1, 0.15) is 6.10 Å². The number of amides is 1. The molecular weight excluding hydrogens is 376 g/mol. The molecule has 0 aliphatic carbocycles. The van der Waals surface area contributed by atoms with Gasteiger partial charge in [-0.1, -0.05) is 0 Å². The van der Waals surface area contributed by atoms with Crippen molar-refractivity contribution in [3.8, 4) is 11.1 Å². The highest BCUT2D eigenvalue weighted by molar-refractivity contribution is 5.81. The molecule has 2 saturated heterocycles. The fraction of sp³-hybridized carbons (Fsp3) is 0.417. The van der Waals surface area contributed by atoms with Crippen molar-refractivity contribution in [1.82, 2.24) is 19.9 Å². The maximum Gasteiger partial charge on any atom is 0.251 e. The van der Waals surface area contributed by atoms with E-state index in [2.05, 4.69) is 28.2 Å². The van der Waals surface area contributed by atoms with Gasteiger partial charge in [0.2, 0.25) is 0 Å². The fourth-order valence-electron chi connectivity index (χ4n) is 4.49. The summed E-state index contributed by atoms with van der Waals surface area (Å²) in [6, 6.07) is 10.3. The number of rotatable bonds is 3. The normalized spacial score (nSPS) is 20.4. The molecule has 0 N–H and O–H groups in total. The molecule has 2 aliphatic heterocycles. The van der Waals surface area contributed by atoms with E-state index < -0.39 is 0 Å².